The normalized spacial score (nSPS) is 16.3. The van der Waals surface area contributed by atoms with Crippen LogP contribution in [0.15, 0.2) is 39.7 Å². The number of hydrogen-bond donors (Lipinski definition) is 1. The van der Waals surface area contributed by atoms with E-state index in [-0.39, 0.29) is 24.0 Å². The van der Waals surface area contributed by atoms with Crippen LogP contribution < -0.4 is 14.2 Å². The number of carboxylic acids is 1. The number of benzene rings is 2. The van der Waals surface area contributed by atoms with Gasteiger partial charge < -0.3 is 19.3 Å². The first-order valence-electron chi connectivity index (χ1n) is 8.79. The summed E-state index contributed by atoms with van der Waals surface area (Å²) in [6.45, 7) is -0.483. The van der Waals surface area contributed by atoms with Gasteiger partial charge in [0, 0.05) is 21.1 Å². The van der Waals surface area contributed by atoms with Gasteiger partial charge in [0.1, 0.15) is 5.75 Å². The second-order valence-corrected chi connectivity index (χ2v) is 8.75. The summed E-state index contributed by atoms with van der Waals surface area (Å²) >= 11 is 10.4. The van der Waals surface area contributed by atoms with Gasteiger partial charge in [0.05, 0.1) is 11.4 Å². The zero-order valence-corrected chi connectivity index (χ0v) is 18.8. The van der Waals surface area contributed by atoms with Crippen molar-refractivity contribution in [3.8, 4) is 17.2 Å². The second kappa shape index (κ2) is 8.81. The van der Waals surface area contributed by atoms with Crippen molar-refractivity contribution < 1.29 is 33.7 Å². The molecule has 0 aromatic heterocycles. The number of nitrogens with zero attached hydrogens (tertiary/aromatic N) is 1. The summed E-state index contributed by atoms with van der Waals surface area (Å²) in [4.78, 5) is 37.5. The Labute approximate surface area is 193 Å². The van der Waals surface area contributed by atoms with Crippen molar-refractivity contribution in [2.45, 2.75) is 6.54 Å². The number of amides is 2. The molecule has 2 aromatic carbocycles. The van der Waals surface area contributed by atoms with E-state index in [2.05, 4.69) is 15.9 Å². The fourth-order valence-electron chi connectivity index (χ4n) is 2.93. The zero-order chi connectivity index (χ0) is 22.1. The zero-order valence-electron chi connectivity index (χ0n) is 15.6. The van der Waals surface area contributed by atoms with E-state index in [4.69, 9.17) is 30.9 Å². The number of carbonyl (C=O) groups is 3. The van der Waals surface area contributed by atoms with Crippen molar-refractivity contribution in [2.24, 2.45) is 0 Å². The Balaban J connectivity index is 1.58. The van der Waals surface area contributed by atoms with Crippen LogP contribution in [0.25, 0.3) is 6.08 Å². The lowest BCUT2D eigenvalue weighted by Crippen LogP contribution is -2.27. The van der Waals surface area contributed by atoms with E-state index in [0.717, 1.165) is 16.7 Å². The van der Waals surface area contributed by atoms with Gasteiger partial charge in [0.2, 0.25) is 6.79 Å². The Bertz CT molecular complexity index is 1140. The molecule has 2 heterocycles. The van der Waals surface area contributed by atoms with Gasteiger partial charge in [-0.15, -0.1) is 0 Å². The number of rotatable bonds is 6. The number of carboxylic acid groups (broad SMARTS) is 1. The van der Waals surface area contributed by atoms with Crippen LogP contribution in [0.2, 0.25) is 5.02 Å². The Morgan fingerprint density at radius 2 is 2.00 bits per heavy atom. The highest BCUT2D eigenvalue weighted by atomic mass is 79.9. The van der Waals surface area contributed by atoms with Gasteiger partial charge in [0.25, 0.3) is 11.1 Å². The maximum atomic E-state index is 12.9. The molecule has 2 aromatic rings. The van der Waals surface area contributed by atoms with Crippen LogP contribution in [0, 0.1) is 0 Å². The number of thioether (sulfide) groups is 1. The highest BCUT2D eigenvalue weighted by Crippen LogP contribution is 2.40. The summed E-state index contributed by atoms with van der Waals surface area (Å²) in [7, 11) is 0. The molecule has 0 saturated carbocycles. The van der Waals surface area contributed by atoms with Gasteiger partial charge >= 0.3 is 5.97 Å². The lowest BCUT2D eigenvalue weighted by molar-refractivity contribution is -0.139. The van der Waals surface area contributed by atoms with Crippen LogP contribution in [0.5, 0.6) is 17.2 Å². The highest BCUT2D eigenvalue weighted by Gasteiger charge is 2.36. The number of fused-ring (bicyclic) bond motifs is 1. The fraction of sp³-hybridized carbons (Fsp3) is 0.150. The number of hydrogen-bond acceptors (Lipinski definition) is 7. The molecular formula is C20H13BrClNO7S. The molecule has 2 amide bonds. The first kappa shape index (κ1) is 21.5. The summed E-state index contributed by atoms with van der Waals surface area (Å²) in [5, 5.41) is 8.75. The minimum atomic E-state index is -1.13. The highest BCUT2D eigenvalue weighted by molar-refractivity contribution is 9.10. The van der Waals surface area contributed by atoms with Crippen molar-refractivity contribution in [2.75, 3.05) is 13.4 Å². The average Bonchev–Trinajstić information content (AvgIpc) is 3.26. The van der Waals surface area contributed by atoms with Crippen molar-refractivity contribution in [1.82, 2.24) is 4.90 Å². The average molecular weight is 527 g/mol. The van der Waals surface area contributed by atoms with Gasteiger partial charge in [0.15, 0.2) is 18.1 Å². The van der Waals surface area contributed by atoms with Gasteiger partial charge in [-0.3, -0.25) is 14.5 Å². The quantitative estimate of drug-likeness (QED) is 0.548. The maximum Gasteiger partial charge on any atom is 0.341 e. The van der Waals surface area contributed by atoms with Crippen molar-refractivity contribution in [3.05, 3.63) is 55.9 Å². The molecule has 0 bridgehead atoms. The van der Waals surface area contributed by atoms with Gasteiger partial charge in [-0.25, -0.2) is 4.79 Å². The van der Waals surface area contributed by atoms with Crippen molar-refractivity contribution in [1.29, 1.82) is 0 Å². The predicted molar refractivity (Wildman–Crippen MR) is 116 cm³/mol. The molecule has 160 valence electrons. The van der Waals surface area contributed by atoms with E-state index in [1.807, 2.05) is 0 Å². The lowest BCUT2D eigenvalue weighted by atomic mass is 10.1. The van der Waals surface area contributed by atoms with E-state index >= 15 is 0 Å². The molecule has 0 radical (unpaired) electrons. The first-order chi connectivity index (χ1) is 14.8. The molecule has 11 heteroatoms. The molecule has 0 aliphatic carbocycles. The predicted octanol–water partition coefficient (Wildman–Crippen LogP) is 4.53. The lowest BCUT2D eigenvalue weighted by Gasteiger charge is -2.14. The van der Waals surface area contributed by atoms with Crippen molar-refractivity contribution in [3.63, 3.8) is 0 Å². The third kappa shape index (κ3) is 4.65. The number of halogens is 2. The van der Waals surface area contributed by atoms with E-state index in [1.54, 1.807) is 30.3 Å². The monoisotopic (exact) mass is 525 g/mol. The van der Waals surface area contributed by atoms with Crippen molar-refractivity contribution >= 4 is 62.5 Å². The molecule has 2 aliphatic heterocycles. The van der Waals surface area contributed by atoms with E-state index < -0.39 is 23.7 Å². The Morgan fingerprint density at radius 1 is 1.26 bits per heavy atom. The molecule has 1 fully saturated rings. The van der Waals surface area contributed by atoms with Gasteiger partial charge in [-0.1, -0.05) is 27.5 Å². The topological polar surface area (TPSA) is 102 Å². The molecule has 8 nitrogen and oxygen atoms in total. The van der Waals surface area contributed by atoms with Crippen LogP contribution in [0.1, 0.15) is 11.1 Å². The smallest absolute Gasteiger partial charge is 0.341 e. The number of ether oxygens (including phenoxy) is 3. The molecule has 1 N–H and O–H groups in total. The molecule has 0 unspecified atom stereocenters. The van der Waals surface area contributed by atoms with E-state index in [0.29, 0.717) is 32.1 Å². The van der Waals surface area contributed by atoms with Gasteiger partial charge in [-0.2, -0.15) is 0 Å². The molecule has 31 heavy (non-hydrogen) atoms. The van der Waals surface area contributed by atoms with E-state index in [1.165, 1.54) is 6.08 Å². The maximum absolute atomic E-state index is 12.9. The van der Waals surface area contributed by atoms with Crippen LogP contribution in [-0.2, 0) is 16.1 Å². The van der Waals surface area contributed by atoms with Crippen LogP contribution in [0.3, 0.4) is 0 Å². The van der Waals surface area contributed by atoms with E-state index in [9.17, 15) is 14.4 Å². The summed E-state index contributed by atoms with van der Waals surface area (Å²) < 4.78 is 16.6. The summed E-state index contributed by atoms with van der Waals surface area (Å²) in [6.07, 6.45) is 1.49. The largest absolute Gasteiger partial charge is 0.481 e. The van der Waals surface area contributed by atoms with Gasteiger partial charge in [-0.05, 0) is 47.7 Å². The third-order valence-electron chi connectivity index (χ3n) is 4.35. The Morgan fingerprint density at radius 3 is 2.74 bits per heavy atom. The number of aliphatic carboxylic acids is 1. The molecule has 0 spiro atoms. The molecule has 0 atom stereocenters. The van der Waals surface area contributed by atoms with Crippen LogP contribution >= 0.6 is 39.3 Å². The SMILES string of the molecule is O=C(O)COc1ccc(Br)cc1/C=C1\SC(=O)N(Cc2cc3c(cc2Cl)OCO3)C1=O. The summed E-state index contributed by atoms with van der Waals surface area (Å²) in [5.41, 5.74) is 1.00. The number of carbonyl (C=O) groups excluding carboxylic acids is 2. The Kier molecular flexibility index (Phi) is 6.12. The standard InChI is InChI=1S/C20H13BrClNO7S/c21-12-1-2-14(28-8-18(24)25)10(3-12)5-17-19(26)23(20(27)31-17)7-11-4-15-16(6-13(11)22)30-9-29-15/h1-6H,7-9H2,(H,24,25)/b17-5-. The third-order valence-corrected chi connectivity index (χ3v) is 6.11. The number of imide groups is 1. The molecule has 4 rings (SSSR count). The first-order valence-corrected chi connectivity index (χ1v) is 10.8. The summed E-state index contributed by atoms with van der Waals surface area (Å²) in [6, 6.07) is 8.16. The summed E-state index contributed by atoms with van der Waals surface area (Å²) in [5.74, 6) is -0.346. The molecule has 1 saturated heterocycles. The minimum absolute atomic E-state index is 0.0294. The fourth-order valence-corrected chi connectivity index (χ4v) is 4.35. The van der Waals surface area contributed by atoms with Crippen LogP contribution in [-0.4, -0.2) is 40.5 Å². The molecular weight excluding hydrogens is 514 g/mol. The Hall–Kier alpha value is -2.69. The second-order valence-electron chi connectivity index (χ2n) is 6.43. The minimum Gasteiger partial charge on any atom is -0.481 e. The van der Waals surface area contributed by atoms with Crippen LogP contribution in [0.4, 0.5) is 4.79 Å². The molecule has 2 aliphatic rings.